The van der Waals surface area contributed by atoms with Gasteiger partial charge in [0.25, 0.3) is 0 Å². The Balaban J connectivity index is 2.90. The summed E-state index contributed by atoms with van der Waals surface area (Å²) in [7, 11) is 1.52. The molecule has 0 saturated heterocycles. The van der Waals surface area contributed by atoms with Crippen LogP contribution in [-0.4, -0.2) is 18.9 Å². The Morgan fingerprint density at radius 2 is 1.95 bits per heavy atom. The van der Waals surface area contributed by atoms with Crippen molar-refractivity contribution in [3.8, 4) is 5.75 Å². The molecule has 104 valence electrons. The lowest BCUT2D eigenvalue weighted by Crippen LogP contribution is -2.18. The first-order valence-electron chi connectivity index (χ1n) is 6.26. The van der Waals surface area contributed by atoms with E-state index in [-0.39, 0.29) is 17.7 Å². The summed E-state index contributed by atoms with van der Waals surface area (Å²) < 4.78 is 5.22. The van der Waals surface area contributed by atoms with Crippen LogP contribution in [0.4, 0.5) is 11.4 Å². The molecule has 1 aromatic rings. The van der Waals surface area contributed by atoms with E-state index in [9.17, 15) is 9.59 Å². The first-order chi connectivity index (χ1) is 8.97. The van der Waals surface area contributed by atoms with Crippen molar-refractivity contribution in [2.24, 2.45) is 5.92 Å². The Hall–Kier alpha value is -2.04. The molecule has 0 spiro atoms. The van der Waals surface area contributed by atoms with Crippen LogP contribution in [0.1, 0.15) is 27.2 Å². The van der Waals surface area contributed by atoms with E-state index in [1.807, 2.05) is 13.8 Å². The van der Waals surface area contributed by atoms with Crippen LogP contribution < -0.4 is 15.4 Å². The highest BCUT2D eigenvalue weighted by Crippen LogP contribution is 2.28. The summed E-state index contributed by atoms with van der Waals surface area (Å²) in [4.78, 5) is 23.0. The van der Waals surface area contributed by atoms with E-state index in [4.69, 9.17) is 4.74 Å². The Kier molecular flexibility index (Phi) is 5.36. The average molecular weight is 264 g/mol. The highest BCUT2D eigenvalue weighted by molar-refractivity contribution is 5.95. The smallest absolute Gasteiger partial charge is 0.227 e. The lowest BCUT2D eigenvalue weighted by molar-refractivity contribution is -0.119. The topological polar surface area (TPSA) is 67.4 Å². The minimum Gasteiger partial charge on any atom is -0.494 e. The SMILES string of the molecule is CCC(=O)Nc1ccc(NC(=O)C(C)C)c(OC)c1. The minimum absolute atomic E-state index is 0.0685. The van der Waals surface area contributed by atoms with Gasteiger partial charge in [-0.15, -0.1) is 0 Å². The molecule has 0 radical (unpaired) electrons. The highest BCUT2D eigenvalue weighted by Gasteiger charge is 2.11. The molecule has 0 heterocycles. The molecule has 0 saturated carbocycles. The molecule has 0 aromatic heterocycles. The molecular formula is C14H20N2O3. The monoisotopic (exact) mass is 264 g/mol. The number of anilines is 2. The number of rotatable bonds is 5. The average Bonchev–Trinajstić information content (AvgIpc) is 2.39. The quantitative estimate of drug-likeness (QED) is 0.859. The van der Waals surface area contributed by atoms with E-state index in [1.165, 1.54) is 7.11 Å². The largest absolute Gasteiger partial charge is 0.494 e. The molecule has 0 bridgehead atoms. The number of carbonyl (C=O) groups excluding carboxylic acids is 2. The van der Waals surface area contributed by atoms with Crippen molar-refractivity contribution in [1.82, 2.24) is 0 Å². The second-order valence-corrected chi connectivity index (χ2v) is 4.46. The van der Waals surface area contributed by atoms with Gasteiger partial charge in [-0.3, -0.25) is 9.59 Å². The Bertz CT molecular complexity index is 470. The molecule has 19 heavy (non-hydrogen) atoms. The number of methoxy groups -OCH3 is 1. The van der Waals surface area contributed by atoms with Crippen LogP contribution in [0.25, 0.3) is 0 Å². The number of nitrogens with one attached hydrogen (secondary N) is 2. The fraction of sp³-hybridized carbons (Fsp3) is 0.429. The molecule has 0 aliphatic rings. The van der Waals surface area contributed by atoms with Gasteiger partial charge >= 0.3 is 0 Å². The molecule has 1 rings (SSSR count). The molecular weight excluding hydrogens is 244 g/mol. The van der Waals surface area contributed by atoms with Crippen LogP contribution in [-0.2, 0) is 9.59 Å². The molecule has 5 nitrogen and oxygen atoms in total. The van der Waals surface area contributed by atoms with Crippen molar-refractivity contribution < 1.29 is 14.3 Å². The van der Waals surface area contributed by atoms with E-state index in [0.717, 1.165) is 0 Å². The third-order valence-corrected chi connectivity index (χ3v) is 2.59. The predicted octanol–water partition coefficient (Wildman–Crippen LogP) is 2.64. The highest BCUT2D eigenvalue weighted by atomic mass is 16.5. The zero-order valence-corrected chi connectivity index (χ0v) is 11.7. The molecule has 1 aromatic carbocycles. The predicted molar refractivity (Wildman–Crippen MR) is 75.4 cm³/mol. The van der Waals surface area contributed by atoms with E-state index in [0.29, 0.717) is 23.5 Å². The Labute approximate surface area is 113 Å². The lowest BCUT2D eigenvalue weighted by Gasteiger charge is -2.13. The molecule has 2 amide bonds. The third-order valence-electron chi connectivity index (χ3n) is 2.59. The standard InChI is InChI=1S/C14H20N2O3/c1-5-13(17)15-10-6-7-11(12(8-10)19-4)16-14(18)9(2)3/h6-9H,5H2,1-4H3,(H,15,17)(H,16,18). The van der Waals surface area contributed by atoms with Crippen LogP contribution in [0, 0.1) is 5.92 Å². The lowest BCUT2D eigenvalue weighted by atomic mass is 10.2. The van der Waals surface area contributed by atoms with Crippen LogP contribution in [0.15, 0.2) is 18.2 Å². The number of benzene rings is 1. The van der Waals surface area contributed by atoms with Gasteiger partial charge in [-0.1, -0.05) is 20.8 Å². The van der Waals surface area contributed by atoms with E-state index < -0.39 is 0 Å². The normalized spacial score (nSPS) is 10.2. The summed E-state index contributed by atoms with van der Waals surface area (Å²) in [5, 5.41) is 5.52. The van der Waals surface area contributed by atoms with Crippen LogP contribution in [0.5, 0.6) is 5.75 Å². The molecule has 0 atom stereocenters. The van der Waals surface area contributed by atoms with Crippen molar-refractivity contribution in [2.45, 2.75) is 27.2 Å². The summed E-state index contributed by atoms with van der Waals surface area (Å²) in [5.74, 6) is 0.261. The summed E-state index contributed by atoms with van der Waals surface area (Å²) in [5.41, 5.74) is 1.24. The van der Waals surface area contributed by atoms with Crippen molar-refractivity contribution in [2.75, 3.05) is 17.7 Å². The van der Waals surface area contributed by atoms with E-state index in [2.05, 4.69) is 10.6 Å². The van der Waals surface area contributed by atoms with Crippen LogP contribution in [0.3, 0.4) is 0 Å². The maximum absolute atomic E-state index is 11.7. The second-order valence-electron chi connectivity index (χ2n) is 4.46. The van der Waals surface area contributed by atoms with Gasteiger partial charge in [0.05, 0.1) is 12.8 Å². The fourth-order valence-corrected chi connectivity index (χ4v) is 1.40. The van der Waals surface area contributed by atoms with Gasteiger partial charge < -0.3 is 15.4 Å². The summed E-state index contributed by atoms with van der Waals surface area (Å²) >= 11 is 0. The van der Waals surface area contributed by atoms with Crippen molar-refractivity contribution in [3.63, 3.8) is 0 Å². The summed E-state index contributed by atoms with van der Waals surface area (Å²) in [6, 6.07) is 5.12. The maximum atomic E-state index is 11.7. The van der Waals surface area contributed by atoms with Crippen molar-refractivity contribution >= 4 is 23.2 Å². The van der Waals surface area contributed by atoms with Crippen molar-refractivity contribution in [3.05, 3.63) is 18.2 Å². The molecule has 0 unspecified atom stereocenters. The van der Waals surface area contributed by atoms with Gasteiger partial charge in [-0.2, -0.15) is 0 Å². The van der Waals surface area contributed by atoms with Crippen LogP contribution >= 0.6 is 0 Å². The van der Waals surface area contributed by atoms with Crippen molar-refractivity contribution in [1.29, 1.82) is 0 Å². The first kappa shape index (κ1) is 15.0. The Morgan fingerprint density at radius 1 is 1.26 bits per heavy atom. The molecule has 0 aliphatic carbocycles. The molecule has 0 fully saturated rings. The van der Waals surface area contributed by atoms with Gasteiger partial charge in [0, 0.05) is 24.1 Å². The van der Waals surface area contributed by atoms with Crippen LogP contribution in [0.2, 0.25) is 0 Å². The van der Waals surface area contributed by atoms with E-state index in [1.54, 1.807) is 25.1 Å². The van der Waals surface area contributed by atoms with Gasteiger partial charge in [0.1, 0.15) is 5.75 Å². The van der Waals surface area contributed by atoms with Gasteiger partial charge in [-0.25, -0.2) is 0 Å². The molecule has 2 N–H and O–H groups in total. The van der Waals surface area contributed by atoms with Gasteiger partial charge in [0.15, 0.2) is 0 Å². The number of hydrogen-bond donors (Lipinski definition) is 2. The molecule has 5 heteroatoms. The van der Waals surface area contributed by atoms with Gasteiger partial charge in [0.2, 0.25) is 11.8 Å². The first-order valence-corrected chi connectivity index (χ1v) is 6.26. The second kappa shape index (κ2) is 6.78. The Morgan fingerprint density at radius 3 is 2.47 bits per heavy atom. The summed E-state index contributed by atoms with van der Waals surface area (Å²) in [6.07, 6.45) is 0.411. The number of ether oxygens (including phenoxy) is 1. The zero-order chi connectivity index (χ0) is 14.4. The fourth-order valence-electron chi connectivity index (χ4n) is 1.40. The van der Waals surface area contributed by atoms with Gasteiger partial charge in [-0.05, 0) is 12.1 Å². The molecule has 0 aliphatic heterocycles. The summed E-state index contributed by atoms with van der Waals surface area (Å²) in [6.45, 7) is 5.42. The third kappa shape index (κ3) is 4.28. The minimum atomic E-state index is -0.107. The maximum Gasteiger partial charge on any atom is 0.227 e. The number of hydrogen-bond acceptors (Lipinski definition) is 3. The number of amides is 2. The zero-order valence-electron chi connectivity index (χ0n) is 11.7. The number of carbonyl (C=O) groups is 2. The van der Waals surface area contributed by atoms with E-state index >= 15 is 0 Å².